The second-order valence-corrected chi connectivity index (χ2v) is 6.07. The summed E-state index contributed by atoms with van der Waals surface area (Å²) in [6.07, 6.45) is 8.82. The van der Waals surface area contributed by atoms with Crippen molar-refractivity contribution in [2.45, 2.75) is 65.0 Å². The van der Waals surface area contributed by atoms with Crippen molar-refractivity contribution in [2.75, 3.05) is 0 Å². The molecule has 0 spiro atoms. The number of hydrogen-bond donors (Lipinski definition) is 1. The summed E-state index contributed by atoms with van der Waals surface area (Å²) in [5.74, 6) is 3.23. The molecule has 0 aliphatic heterocycles. The fourth-order valence-electron chi connectivity index (χ4n) is 3.21. The Morgan fingerprint density at radius 1 is 1.44 bits per heavy atom. The van der Waals surface area contributed by atoms with Crippen LogP contribution in [0.1, 0.15) is 58.2 Å². The van der Waals surface area contributed by atoms with Crippen molar-refractivity contribution in [2.24, 2.45) is 17.6 Å². The molecule has 1 aliphatic carbocycles. The van der Waals surface area contributed by atoms with E-state index in [4.69, 9.17) is 5.73 Å². The van der Waals surface area contributed by atoms with E-state index in [2.05, 4.69) is 36.5 Å². The van der Waals surface area contributed by atoms with Crippen LogP contribution >= 0.6 is 0 Å². The minimum absolute atomic E-state index is 0.290. The smallest absolute Gasteiger partial charge is 0.113 e. The third-order valence-electron chi connectivity index (χ3n) is 4.43. The van der Waals surface area contributed by atoms with Gasteiger partial charge >= 0.3 is 0 Å². The van der Waals surface area contributed by atoms with Gasteiger partial charge < -0.3 is 10.3 Å². The highest BCUT2D eigenvalue weighted by Crippen LogP contribution is 2.38. The SMILES string of the molecule is CCCn1ccnc1C1CC(C(C)C)CCC1N. The molecule has 3 unspecified atom stereocenters. The van der Waals surface area contributed by atoms with Gasteiger partial charge in [0.1, 0.15) is 5.82 Å². The molecule has 102 valence electrons. The minimum Gasteiger partial charge on any atom is -0.335 e. The van der Waals surface area contributed by atoms with E-state index in [-0.39, 0.29) is 6.04 Å². The number of aryl methyl sites for hydroxylation is 1. The Bertz CT molecular complexity index is 370. The van der Waals surface area contributed by atoms with Crippen molar-refractivity contribution in [1.29, 1.82) is 0 Å². The Morgan fingerprint density at radius 2 is 2.22 bits per heavy atom. The van der Waals surface area contributed by atoms with Crippen molar-refractivity contribution in [3.8, 4) is 0 Å². The van der Waals surface area contributed by atoms with Gasteiger partial charge in [-0.2, -0.15) is 0 Å². The van der Waals surface area contributed by atoms with E-state index in [1.807, 2.05) is 6.20 Å². The third-order valence-corrected chi connectivity index (χ3v) is 4.43. The number of nitrogens with two attached hydrogens (primary N) is 1. The summed E-state index contributed by atoms with van der Waals surface area (Å²) < 4.78 is 2.30. The van der Waals surface area contributed by atoms with E-state index in [9.17, 15) is 0 Å². The molecule has 0 radical (unpaired) electrons. The van der Waals surface area contributed by atoms with Gasteiger partial charge in [-0.25, -0.2) is 4.98 Å². The Kier molecular flexibility index (Phi) is 4.44. The molecule has 2 rings (SSSR count). The molecule has 1 aromatic heterocycles. The molecule has 0 bridgehead atoms. The molecule has 2 N–H and O–H groups in total. The average molecular weight is 249 g/mol. The Balaban J connectivity index is 2.16. The topological polar surface area (TPSA) is 43.8 Å². The van der Waals surface area contributed by atoms with Gasteiger partial charge in [-0.15, -0.1) is 0 Å². The molecule has 1 fully saturated rings. The van der Waals surface area contributed by atoms with Crippen LogP contribution in [0.3, 0.4) is 0 Å². The first kappa shape index (κ1) is 13.6. The van der Waals surface area contributed by atoms with E-state index in [1.165, 1.54) is 18.7 Å². The zero-order valence-electron chi connectivity index (χ0n) is 12.0. The summed E-state index contributed by atoms with van der Waals surface area (Å²) in [7, 11) is 0. The number of hydrogen-bond acceptors (Lipinski definition) is 2. The molecular formula is C15H27N3. The van der Waals surface area contributed by atoms with Crippen LogP contribution in [0.15, 0.2) is 12.4 Å². The number of rotatable bonds is 4. The summed E-state index contributed by atoms with van der Waals surface area (Å²) in [5, 5.41) is 0. The lowest BCUT2D eigenvalue weighted by Crippen LogP contribution is -2.37. The van der Waals surface area contributed by atoms with Crippen molar-refractivity contribution in [3.05, 3.63) is 18.2 Å². The van der Waals surface area contributed by atoms with Crippen LogP contribution in [0, 0.1) is 11.8 Å². The molecule has 0 amide bonds. The highest BCUT2D eigenvalue weighted by atomic mass is 15.1. The van der Waals surface area contributed by atoms with Gasteiger partial charge in [0, 0.05) is 30.9 Å². The second-order valence-electron chi connectivity index (χ2n) is 6.07. The van der Waals surface area contributed by atoms with E-state index >= 15 is 0 Å². The Hall–Kier alpha value is -0.830. The van der Waals surface area contributed by atoms with Crippen molar-refractivity contribution >= 4 is 0 Å². The summed E-state index contributed by atoms with van der Waals surface area (Å²) in [4.78, 5) is 4.59. The first-order valence-electron chi connectivity index (χ1n) is 7.40. The van der Waals surface area contributed by atoms with Gasteiger partial charge in [0.25, 0.3) is 0 Å². The monoisotopic (exact) mass is 249 g/mol. The van der Waals surface area contributed by atoms with Crippen LogP contribution in [-0.2, 0) is 6.54 Å². The zero-order valence-corrected chi connectivity index (χ0v) is 12.0. The molecule has 3 heteroatoms. The van der Waals surface area contributed by atoms with Gasteiger partial charge in [0.15, 0.2) is 0 Å². The molecular weight excluding hydrogens is 222 g/mol. The van der Waals surface area contributed by atoms with E-state index in [1.54, 1.807) is 0 Å². The highest BCUT2D eigenvalue weighted by Gasteiger charge is 2.32. The number of aromatic nitrogens is 2. The second kappa shape index (κ2) is 5.87. The number of imidazole rings is 1. The van der Waals surface area contributed by atoms with Crippen LogP contribution in [0.4, 0.5) is 0 Å². The van der Waals surface area contributed by atoms with Crippen LogP contribution in [0.25, 0.3) is 0 Å². The standard InChI is InChI=1S/C15H27N3/c1-4-8-18-9-7-17-15(18)13-10-12(11(2)3)5-6-14(13)16/h7,9,11-14H,4-6,8,10,16H2,1-3H3. The average Bonchev–Trinajstić information content (AvgIpc) is 2.78. The molecule has 1 saturated carbocycles. The van der Waals surface area contributed by atoms with Gasteiger partial charge in [-0.3, -0.25) is 0 Å². The normalized spacial score (nSPS) is 28.8. The maximum atomic E-state index is 6.34. The largest absolute Gasteiger partial charge is 0.335 e. The van der Waals surface area contributed by atoms with Crippen LogP contribution in [0.2, 0.25) is 0 Å². The summed E-state index contributed by atoms with van der Waals surface area (Å²) in [6.45, 7) is 7.93. The summed E-state index contributed by atoms with van der Waals surface area (Å²) in [5.41, 5.74) is 6.34. The fourth-order valence-corrected chi connectivity index (χ4v) is 3.21. The summed E-state index contributed by atoms with van der Waals surface area (Å²) >= 11 is 0. The van der Waals surface area contributed by atoms with Gasteiger partial charge in [0.05, 0.1) is 0 Å². The molecule has 1 aromatic rings. The van der Waals surface area contributed by atoms with Crippen molar-refractivity contribution < 1.29 is 0 Å². The molecule has 3 atom stereocenters. The quantitative estimate of drug-likeness (QED) is 0.890. The molecule has 0 aromatic carbocycles. The van der Waals surface area contributed by atoms with E-state index in [0.717, 1.165) is 31.2 Å². The summed E-state index contributed by atoms with van der Waals surface area (Å²) in [6, 6.07) is 0.290. The van der Waals surface area contributed by atoms with E-state index < -0.39 is 0 Å². The van der Waals surface area contributed by atoms with Gasteiger partial charge in [-0.1, -0.05) is 20.8 Å². The Morgan fingerprint density at radius 3 is 2.89 bits per heavy atom. The van der Waals surface area contributed by atoms with E-state index in [0.29, 0.717) is 5.92 Å². The fraction of sp³-hybridized carbons (Fsp3) is 0.800. The van der Waals surface area contributed by atoms with Gasteiger partial charge in [-0.05, 0) is 37.5 Å². The maximum Gasteiger partial charge on any atom is 0.113 e. The number of nitrogens with zero attached hydrogens (tertiary/aromatic N) is 2. The molecule has 1 heterocycles. The maximum absolute atomic E-state index is 6.34. The molecule has 0 saturated heterocycles. The van der Waals surface area contributed by atoms with Gasteiger partial charge in [0.2, 0.25) is 0 Å². The van der Waals surface area contributed by atoms with Crippen LogP contribution < -0.4 is 5.73 Å². The first-order valence-corrected chi connectivity index (χ1v) is 7.40. The Labute approximate surface area is 111 Å². The first-order chi connectivity index (χ1) is 8.63. The predicted molar refractivity (Wildman–Crippen MR) is 75.4 cm³/mol. The minimum atomic E-state index is 0.290. The third kappa shape index (κ3) is 2.77. The lowest BCUT2D eigenvalue weighted by atomic mass is 9.73. The predicted octanol–water partition coefficient (Wildman–Crippen LogP) is 3.16. The molecule has 18 heavy (non-hydrogen) atoms. The van der Waals surface area contributed by atoms with Crippen molar-refractivity contribution in [1.82, 2.24) is 9.55 Å². The molecule has 1 aliphatic rings. The highest BCUT2D eigenvalue weighted by molar-refractivity contribution is 5.07. The van der Waals surface area contributed by atoms with Crippen LogP contribution in [-0.4, -0.2) is 15.6 Å². The lowest BCUT2D eigenvalue weighted by molar-refractivity contribution is 0.224. The zero-order chi connectivity index (χ0) is 13.1. The van der Waals surface area contributed by atoms with Crippen LogP contribution in [0.5, 0.6) is 0 Å². The lowest BCUT2D eigenvalue weighted by Gasteiger charge is -2.35. The molecule has 3 nitrogen and oxygen atoms in total. The van der Waals surface area contributed by atoms with Crippen molar-refractivity contribution in [3.63, 3.8) is 0 Å².